The van der Waals surface area contributed by atoms with Gasteiger partial charge in [0.15, 0.2) is 0 Å². The molecule has 1 aliphatic rings. The lowest BCUT2D eigenvalue weighted by molar-refractivity contribution is 0.288. The molecule has 0 N–H and O–H groups in total. The van der Waals surface area contributed by atoms with E-state index in [9.17, 15) is 0 Å². The Bertz CT molecular complexity index is 612. The van der Waals surface area contributed by atoms with Crippen LogP contribution in [-0.2, 0) is 12.8 Å². The third kappa shape index (κ3) is 2.09. The Kier molecular flexibility index (Phi) is 2.99. The number of ether oxygens (including phenoxy) is 1. The molecule has 1 aliphatic heterocycles. The number of aromatic nitrogens is 1. The summed E-state index contributed by atoms with van der Waals surface area (Å²) in [5.41, 5.74) is 3.23. The number of thiazole rings is 1. The van der Waals surface area contributed by atoms with Gasteiger partial charge >= 0.3 is 0 Å². The zero-order valence-electron chi connectivity index (χ0n) is 9.85. The summed E-state index contributed by atoms with van der Waals surface area (Å²) in [7, 11) is 0. The summed E-state index contributed by atoms with van der Waals surface area (Å²) in [5.74, 6) is 0.999. The molecule has 0 saturated heterocycles. The SMILES string of the molecule is N#CCc1csc(-c2ccc3c(c2)CCCO3)n1. The van der Waals surface area contributed by atoms with E-state index in [1.807, 2.05) is 17.5 Å². The molecule has 0 amide bonds. The summed E-state index contributed by atoms with van der Waals surface area (Å²) in [6, 6.07) is 8.34. The topological polar surface area (TPSA) is 45.9 Å². The predicted molar refractivity (Wildman–Crippen MR) is 70.7 cm³/mol. The maximum Gasteiger partial charge on any atom is 0.123 e. The highest BCUT2D eigenvalue weighted by Crippen LogP contribution is 2.31. The Morgan fingerprint density at radius 2 is 2.39 bits per heavy atom. The van der Waals surface area contributed by atoms with Crippen LogP contribution in [0.2, 0.25) is 0 Å². The van der Waals surface area contributed by atoms with Crippen LogP contribution in [0.1, 0.15) is 17.7 Å². The van der Waals surface area contributed by atoms with Crippen molar-refractivity contribution in [1.82, 2.24) is 4.98 Å². The van der Waals surface area contributed by atoms with Gasteiger partial charge in [0, 0.05) is 10.9 Å². The van der Waals surface area contributed by atoms with Crippen molar-refractivity contribution in [3.8, 4) is 22.4 Å². The van der Waals surface area contributed by atoms with Gasteiger partial charge in [0.25, 0.3) is 0 Å². The fourth-order valence-corrected chi connectivity index (χ4v) is 2.91. The second kappa shape index (κ2) is 4.79. The maximum absolute atomic E-state index is 8.66. The molecule has 3 rings (SSSR count). The molecule has 0 saturated carbocycles. The van der Waals surface area contributed by atoms with Crippen molar-refractivity contribution in [3.63, 3.8) is 0 Å². The van der Waals surface area contributed by atoms with Crippen LogP contribution in [0.15, 0.2) is 23.6 Å². The Morgan fingerprint density at radius 1 is 1.44 bits per heavy atom. The van der Waals surface area contributed by atoms with E-state index in [1.165, 1.54) is 5.56 Å². The fourth-order valence-electron chi connectivity index (χ4n) is 2.10. The van der Waals surface area contributed by atoms with Gasteiger partial charge in [-0.1, -0.05) is 0 Å². The zero-order valence-corrected chi connectivity index (χ0v) is 10.7. The van der Waals surface area contributed by atoms with Crippen LogP contribution in [-0.4, -0.2) is 11.6 Å². The first-order chi connectivity index (χ1) is 8.86. The number of benzene rings is 1. The van der Waals surface area contributed by atoms with Crippen molar-refractivity contribution in [2.24, 2.45) is 0 Å². The molecule has 3 nitrogen and oxygen atoms in total. The minimum Gasteiger partial charge on any atom is -0.493 e. The van der Waals surface area contributed by atoms with Gasteiger partial charge in [-0.25, -0.2) is 4.98 Å². The van der Waals surface area contributed by atoms with Crippen LogP contribution >= 0.6 is 11.3 Å². The average Bonchev–Trinajstić information content (AvgIpc) is 2.87. The molecule has 0 atom stereocenters. The molecule has 2 heterocycles. The van der Waals surface area contributed by atoms with E-state index in [1.54, 1.807) is 11.3 Å². The van der Waals surface area contributed by atoms with Crippen molar-refractivity contribution in [1.29, 1.82) is 5.26 Å². The lowest BCUT2D eigenvalue weighted by atomic mass is 10.0. The zero-order chi connectivity index (χ0) is 12.4. The molecule has 18 heavy (non-hydrogen) atoms. The lowest BCUT2D eigenvalue weighted by Gasteiger charge is -2.17. The van der Waals surface area contributed by atoms with E-state index < -0.39 is 0 Å². The second-order valence-corrected chi connectivity index (χ2v) is 5.11. The van der Waals surface area contributed by atoms with Gasteiger partial charge in [-0.15, -0.1) is 11.3 Å². The molecule has 0 fully saturated rings. The molecule has 0 bridgehead atoms. The Labute approximate surface area is 110 Å². The van der Waals surface area contributed by atoms with Gasteiger partial charge in [-0.2, -0.15) is 5.26 Å². The molecule has 1 aromatic heterocycles. The number of nitrogens with zero attached hydrogens (tertiary/aromatic N) is 2. The van der Waals surface area contributed by atoms with Crippen molar-refractivity contribution >= 4 is 11.3 Å². The molecule has 0 spiro atoms. The molecule has 2 aromatic rings. The number of fused-ring (bicyclic) bond motifs is 1. The molecule has 0 aliphatic carbocycles. The first-order valence-corrected chi connectivity index (χ1v) is 6.82. The number of nitriles is 1. The van der Waals surface area contributed by atoms with Crippen LogP contribution in [0.25, 0.3) is 10.6 Å². The third-order valence-electron chi connectivity index (χ3n) is 2.97. The van der Waals surface area contributed by atoms with E-state index in [2.05, 4.69) is 17.1 Å². The predicted octanol–water partition coefficient (Wildman–Crippen LogP) is 3.20. The summed E-state index contributed by atoms with van der Waals surface area (Å²) < 4.78 is 5.60. The van der Waals surface area contributed by atoms with Crippen molar-refractivity contribution in [2.75, 3.05) is 6.61 Å². The minimum atomic E-state index is 0.380. The third-order valence-corrected chi connectivity index (χ3v) is 3.91. The van der Waals surface area contributed by atoms with Crippen LogP contribution in [0, 0.1) is 11.3 Å². The van der Waals surface area contributed by atoms with Gasteiger partial charge in [0.05, 0.1) is 24.8 Å². The quantitative estimate of drug-likeness (QED) is 0.829. The normalized spacial score (nSPS) is 13.5. The van der Waals surface area contributed by atoms with E-state index in [4.69, 9.17) is 10.00 Å². The molecule has 90 valence electrons. The van der Waals surface area contributed by atoms with Crippen molar-refractivity contribution in [3.05, 3.63) is 34.8 Å². The van der Waals surface area contributed by atoms with Gasteiger partial charge in [-0.05, 0) is 36.6 Å². The standard InChI is InChI=1S/C14H12N2OS/c15-6-5-12-9-18-14(16-12)11-3-4-13-10(8-11)2-1-7-17-13/h3-4,8-9H,1-2,5,7H2. The molecular formula is C14H12N2OS. The number of hydrogen-bond acceptors (Lipinski definition) is 4. The van der Waals surface area contributed by atoms with E-state index in [0.29, 0.717) is 6.42 Å². The van der Waals surface area contributed by atoms with Gasteiger partial charge in [-0.3, -0.25) is 0 Å². The number of aryl methyl sites for hydroxylation is 1. The molecule has 1 aromatic carbocycles. The Morgan fingerprint density at radius 3 is 3.28 bits per heavy atom. The van der Waals surface area contributed by atoms with Crippen molar-refractivity contribution in [2.45, 2.75) is 19.3 Å². The van der Waals surface area contributed by atoms with E-state index in [0.717, 1.165) is 41.5 Å². The molecular weight excluding hydrogens is 244 g/mol. The summed E-state index contributed by atoms with van der Waals surface area (Å²) >= 11 is 1.59. The smallest absolute Gasteiger partial charge is 0.123 e. The minimum absolute atomic E-state index is 0.380. The monoisotopic (exact) mass is 256 g/mol. The molecule has 4 heteroatoms. The average molecular weight is 256 g/mol. The summed E-state index contributed by atoms with van der Waals surface area (Å²) in [5, 5.41) is 11.6. The first-order valence-electron chi connectivity index (χ1n) is 5.94. The van der Waals surface area contributed by atoms with Gasteiger partial charge in [0.2, 0.25) is 0 Å². The Balaban J connectivity index is 1.93. The highest BCUT2D eigenvalue weighted by Gasteiger charge is 2.12. The fraction of sp³-hybridized carbons (Fsp3) is 0.286. The highest BCUT2D eigenvalue weighted by molar-refractivity contribution is 7.13. The second-order valence-electron chi connectivity index (χ2n) is 4.25. The maximum atomic E-state index is 8.66. The molecule has 0 radical (unpaired) electrons. The van der Waals surface area contributed by atoms with E-state index >= 15 is 0 Å². The van der Waals surface area contributed by atoms with Crippen LogP contribution in [0.5, 0.6) is 5.75 Å². The van der Waals surface area contributed by atoms with Crippen LogP contribution in [0.3, 0.4) is 0 Å². The highest BCUT2D eigenvalue weighted by atomic mass is 32.1. The Hall–Kier alpha value is -1.86. The van der Waals surface area contributed by atoms with Crippen molar-refractivity contribution < 1.29 is 4.74 Å². The summed E-state index contributed by atoms with van der Waals surface area (Å²) in [6.45, 7) is 0.815. The largest absolute Gasteiger partial charge is 0.493 e. The lowest BCUT2D eigenvalue weighted by Crippen LogP contribution is -2.07. The number of rotatable bonds is 2. The summed E-state index contributed by atoms with van der Waals surface area (Å²) in [6.07, 6.45) is 2.53. The first kappa shape index (κ1) is 11.2. The van der Waals surface area contributed by atoms with Crippen LogP contribution in [0.4, 0.5) is 0 Å². The van der Waals surface area contributed by atoms with E-state index in [-0.39, 0.29) is 0 Å². The van der Waals surface area contributed by atoms with Crippen LogP contribution < -0.4 is 4.74 Å². The van der Waals surface area contributed by atoms with Gasteiger partial charge < -0.3 is 4.74 Å². The van der Waals surface area contributed by atoms with Gasteiger partial charge in [0.1, 0.15) is 10.8 Å². The number of hydrogen-bond donors (Lipinski definition) is 0. The molecule has 0 unspecified atom stereocenters. The summed E-state index contributed by atoms with van der Waals surface area (Å²) in [4.78, 5) is 4.47.